The van der Waals surface area contributed by atoms with E-state index in [4.69, 9.17) is 0 Å². The monoisotopic (exact) mass is 422 g/mol. The smallest absolute Gasteiger partial charge is 0.244 e. The van der Waals surface area contributed by atoms with Crippen molar-refractivity contribution in [3.63, 3.8) is 0 Å². The lowest BCUT2D eigenvalue weighted by Crippen LogP contribution is -2.44. The van der Waals surface area contributed by atoms with Crippen molar-refractivity contribution in [2.24, 2.45) is 0 Å². The van der Waals surface area contributed by atoms with Crippen LogP contribution in [-0.2, 0) is 10.0 Å². The molecule has 5 nitrogen and oxygen atoms in total. The molecule has 28 heavy (non-hydrogen) atoms. The highest BCUT2D eigenvalue weighted by atomic mass is 35.5. The summed E-state index contributed by atoms with van der Waals surface area (Å²) in [6.07, 6.45) is 0.639. The van der Waals surface area contributed by atoms with Gasteiger partial charge in [-0.2, -0.15) is 4.31 Å². The van der Waals surface area contributed by atoms with Crippen molar-refractivity contribution < 1.29 is 13.2 Å². The Bertz CT molecular complexity index is 899. The molecule has 2 aromatic carbocycles. The van der Waals surface area contributed by atoms with E-state index in [0.29, 0.717) is 12.0 Å². The minimum absolute atomic E-state index is 0. The average molecular weight is 423 g/mol. The first-order chi connectivity index (χ1) is 13.0. The quantitative estimate of drug-likeness (QED) is 0.681. The van der Waals surface area contributed by atoms with Crippen molar-refractivity contribution in [3.8, 4) is 0 Å². The van der Waals surface area contributed by atoms with Crippen molar-refractivity contribution in [2.45, 2.75) is 31.2 Å². The highest BCUT2D eigenvalue weighted by Crippen LogP contribution is 2.35. The van der Waals surface area contributed by atoms with Gasteiger partial charge in [-0.3, -0.25) is 4.79 Å². The molecular formula is C21H27ClN2O3S. The molecule has 0 fully saturated rings. The van der Waals surface area contributed by atoms with Gasteiger partial charge in [0.25, 0.3) is 0 Å². The van der Waals surface area contributed by atoms with E-state index in [1.165, 1.54) is 10.4 Å². The van der Waals surface area contributed by atoms with Gasteiger partial charge in [-0.05, 0) is 43.8 Å². The lowest BCUT2D eigenvalue weighted by molar-refractivity contribution is 0.0935. The summed E-state index contributed by atoms with van der Waals surface area (Å²) in [5.41, 5.74) is 1.21. The number of sulfonamides is 1. The lowest BCUT2D eigenvalue weighted by Gasteiger charge is -2.35. The first kappa shape index (κ1) is 22.6. The maximum absolute atomic E-state index is 13.3. The number of hydrogen-bond donors (Lipinski definition) is 0. The fraction of sp³-hybridized carbons (Fsp3) is 0.381. The number of hydrogen-bond acceptors (Lipinski definition) is 4. The Kier molecular flexibility index (Phi) is 7.78. The summed E-state index contributed by atoms with van der Waals surface area (Å²) in [5, 5.41) is 0. The van der Waals surface area contributed by atoms with Crippen LogP contribution >= 0.6 is 12.4 Å². The van der Waals surface area contributed by atoms with Crippen LogP contribution in [0.3, 0.4) is 0 Å². The van der Waals surface area contributed by atoms with Crippen LogP contribution in [0.25, 0.3) is 0 Å². The number of rotatable bonds is 7. The third kappa shape index (κ3) is 4.46. The number of benzene rings is 2. The summed E-state index contributed by atoms with van der Waals surface area (Å²) < 4.78 is 28.0. The molecule has 3 rings (SSSR count). The lowest BCUT2D eigenvalue weighted by atomic mass is 10.0. The van der Waals surface area contributed by atoms with Crippen LogP contribution in [0.5, 0.6) is 0 Å². The third-order valence-electron chi connectivity index (χ3n) is 5.22. The van der Waals surface area contributed by atoms with Crippen molar-refractivity contribution in [3.05, 3.63) is 65.7 Å². The van der Waals surface area contributed by atoms with Gasteiger partial charge in [-0.25, -0.2) is 8.42 Å². The van der Waals surface area contributed by atoms with Crippen LogP contribution in [0.15, 0.2) is 59.5 Å². The molecule has 0 saturated heterocycles. The summed E-state index contributed by atoms with van der Waals surface area (Å²) >= 11 is 0. The van der Waals surface area contributed by atoms with E-state index in [1.807, 2.05) is 30.3 Å². The Labute approximate surface area is 173 Å². The zero-order valence-electron chi connectivity index (χ0n) is 16.2. The van der Waals surface area contributed by atoms with Crippen LogP contribution in [0, 0.1) is 0 Å². The van der Waals surface area contributed by atoms with E-state index in [9.17, 15) is 13.2 Å². The SMILES string of the molecule is CCN(CC)CCC(c1ccccc1)N1CC(=O)c2ccccc2S1(=O)=O.Cl. The molecule has 1 aliphatic heterocycles. The highest BCUT2D eigenvalue weighted by Gasteiger charge is 2.40. The van der Waals surface area contributed by atoms with E-state index in [1.54, 1.807) is 18.2 Å². The van der Waals surface area contributed by atoms with Gasteiger partial charge >= 0.3 is 0 Å². The number of nitrogens with zero attached hydrogens (tertiary/aromatic N) is 2. The molecule has 0 bridgehead atoms. The largest absolute Gasteiger partial charge is 0.304 e. The van der Waals surface area contributed by atoms with E-state index >= 15 is 0 Å². The first-order valence-electron chi connectivity index (χ1n) is 9.40. The minimum atomic E-state index is -3.73. The second kappa shape index (κ2) is 9.65. The number of carbonyl (C=O) groups excluding carboxylic acids is 1. The fourth-order valence-corrected chi connectivity index (χ4v) is 5.45. The van der Waals surface area contributed by atoms with Crippen LogP contribution in [0.2, 0.25) is 0 Å². The van der Waals surface area contributed by atoms with Crippen molar-refractivity contribution in [1.82, 2.24) is 9.21 Å². The van der Waals surface area contributed by atoms with Gasteiger partial charge in [0, 0.05) is 5.56 Å². The van der Waals surface area contributed by atoms with Crippen molar-refractivity contribution >= 4 is 28.2 Å². The van der Waals surface area contributed by atoms with Crippen LogP contribution in [0.4, 0.5) is 0 Å². The molecule has 0 N–H and O–H groups in total. The predicted molar refractivity (Wildman–Crippen MR) is 114 cm³/mol. The standard InChI is InChI=1S/C21H26N2O3S.ClH/c1-3-22(4-2)15-14-19(17-10-6-5-7-11-17)23-16-20(24)18-12-8-9-13-21(18)27(23,25)26;/h5-13,19H,3-4,14-16H2,1-2H3;1H. The molecule has 1 aliphatic rings. The van der Waals surface area contributed by atoms with E-state index in [0.717, 1.165) is 25.2 Å². The molecule has 1 atom stereocenters. The van der Waals surface area contributed by atoms with Gasteiger partial charge in [-0.1, -0.05) is 56.3 Å². The highest BCUT2D eigenvalue weighted by molar-refractivity contribution is 7.89. The Morgan fingerprint density at radius 1 is 1.00 bits per heavy atom. The zero-order valence-corrected chi connectivity index (χ0v) is 17.9. The Morgan fingerprint density at radius 3 is 2.25 bits per heavy atom. The molecule has 0 aliphatic carbocycles. The van der Waals surface area contributed by atoms with Crippen molar-refractivity contribution in [1.29, 1.82) is 0 Å². The van der Waals surface area contributed by atoms with Gasteiger partial charge in [0.2, 0.25) is 10.0 Å². The number of halogens is 1. The zero-order chi connectivity index (χ0) is 19.4. The van der Waals surface area contributed by atoms with E-state index in [-0.39, 0.29) is 35.7 Å². The Hall–Kier alpha value is -1.73. The summed E-state index contributed by atoms with van der Waals surface area (Å²) in [6.45, 7) is 6.67. The Morgan fingerprint density at radius 2 is 1.61 bits per heavy atom. The molecule has 7 heteroatoms. The van der Waals surface area contributed by atoms with Crippen LogP contribution in [0.1, 0.15) is 42.2 Å². The average Bonchev–Trinajstić information content (AvgIpc) is 2.70. The van der Waals surface area contributed by atoms with Gasteiger partial charge in [0.1, 0.15) is 0 Å². The van der Waals surface area contributed by atoms with Crippen LogP contribution in [-0.4, -0.2) is 49.6 Å². The summed E-state index contributed by atoms with van der Waals surface area (Å²) in [5.74, 6) is -0.149. The molecular weight excluding hydrogens is 396 g/mol. The molecule has 152 valence electrons. The molecule has 0 aromatic heterocycles. The van der Waals surface area contributed by atoms with E-state index < -0.39 is 10.0 Å². The number of carbonyl (C=O) groups is 1. The van der Waals surface area contributed by atoms with Gasteiger partial charge in [0.15, 0.2) is 5.78 Å². The minimum Gasteiger partial charge on any atom is -0.304 e. The van der Waals surface area contributed by atoms with Gasteiger partial charge < -0.3 is 4.90 Å². The maximum Gasteiger partial charge on any atom is 0.244 e. The van der Waals surface area contributed by atoms with Gasteiger partial charge in [-0.15, -0.1) is 12.4 Å². The second-order valence-corrected chi connectivity index (χ2v) is 8.57. The fourth-order valence-electron chi connectivity index (χ4n) is 3.63. The first-order valence-corrected chi connectivity index (χ1v) is 10.8. The number of Topliss-reactive ketones (excluding diaryl/α,β-unsaturated/α-hetero) is 1. The molecule has 0 saturated carbocycles. The molecule has 0 amide bonds. The Balaban J connectivity index is 0.00000280. The normalized spacial score (nSPS) is 17.0. The second-order valence-electron chi connectivity index (χ2n) is 6.71. The maximum atomic E-state index is 13.3. The summed E-state index contributed by atoms with van der Waals surface area (Å²) in [7, 11) is -3.73. The molecule has 1 unspecified atom stereocenters. The summed E-state index contributed by atoms with van der Waals surface area (Å²) in [4.78, 5) is 15.0. The molecule has 0 spiro atoms. The predicted octanol–water partition coefficient (Wildman–Crippen LogP) is 3.77. The number of ketones is 1. The number of fused-ring (bicyclic) bond motifs is 1. The molecule has 1 heterocycles. The van der Waals surface area contributed by atoms with Crippen LogP contribution < -0.4 is 0 Å². The van der Waals surface area contributed by atoms with E-state index in [2.05, 4.69) is 18.7 Å². The van der Waals surface area contributed by atoms with Gasteiger partial charge in [0.05, 0.1) is 17.5 Å². The third-order valence-corrected chi connectivity index (χ3v) is 7.13. The molecule has 2 aromatic rings. The summed E-state index contributed by atoms with van der Waals surface area (Å²) in [6, 6.07) is 15.7. The molecule has 0 radical (unpaired) electrons. The van der Waals surface area contributed by atoms with Crippen molar-refractivity contribution in [2.75, 3.05) is 26.2 Å². The topological polar surface area (TPSA) is 57.7 Å².